The van der Waals surface area contributed by atoms with Crippen molar-refractivity contribution < 1.29 is 19.7 Å². The zero-order chi connectivity index (χ0) is 7.14. The van der Waals surface area contributed by atoms with Crippen molar-refractivity contribution in [3.8, 4) is 0 Å². The number of hydrogen-bond donors (Lipinski definition) is 2. The quantitative estimate of drug-likeness (QED) is 0.476. The van der Waals surface area contributed by atoms with Crippen LogP contribution in [0.5, 0.6) is 0 Å². The van der Waals surface area contributed by atoms with Crippen LogP contribution >= 0.6 is 0 Å². The largest absolute Gasteiger partial charge is 0.388 e. The van der Waals surface area contributed by atoms with E-state index < -0.39 is 12.2 Å². The minimum atomic E-state index is -0.757. The highest BCUT2D eigenvalue weighted by Gasteiger charge is 2.43. The molecular formula is C6H10O4. The first-order valence-electron chi connectivity index (χ1n) is 3.38. The molecule has 2 aliphatic heterocycles. The fourth-order valence-corrected chi connectivity index (χ4v) is 0.945. The van der Waals surface area contributed by atoms with Gasteiger partial charge < -0.3 is 19.7 Å². The first kappa shape index (κ1) is 6.54. The van der Waals surface area contributed by atoms with Crippen molar-refractivity contribution in [2.45, 2.75) is 24.4 Å². The summed E-state index contributed by atoms with van der Waals surface area (Å²) in [6.45, 7) is 1.12. The SMILES string of the molecule is O[C@@H]([C@H]1CO1)[C@@H](O)C1CO1. The first-order valence-corrected chi connectivity index (χ1v) is 3.38. The van der Waals surface area contributed by atoms with E-state index in [4.69, 9.17) is 9.47 Å². The Kier molecular flexibility index (Phi) is 1.42. The van der Waals surface area contributed by atoms with Crippen molar-refractivity contribution in [1.82, 2.24) is 0 Å². The molecule has 2 N–H and O–H groups in total. The van der Waals surface area contributed by atoms with Crippen LogP contribution in [0.4, 0.5) is 0 Å². The van der Waals surface area contributed by atoms with Crippen LogP contribution < -0.4 is 0 Å². The van der Waals surface area contributed by atoms with Gasteiger partial charge in [-0.2, -0.15) is 0 Å². The molecule has 2 fully saturated rings. The van der Waals surface area contributed by atoms with E-state index in [-0.39, 0.29) is 12.2 Å². The van der Waals surface area contributed by atoms with Crippen molar-refractivity contribution in [3.63, 3.8) is 0 Å². The maximum absolute atomic E-state index is 9.21. The van der Waals surface area contributed by atoms with E-state index in [2.05, 4.69) is 0 Å². The van der Waals surface area contributed by atoms with Crippen LogP contribution in [0.15, 0.2) is 0 Å². The molecule has 58 valence electrons. The zero-order valence-corrected chi connectivity index (χ0v) is 5.43. The van der Waals surface area contributed by atoms with Gasteiger partial charge in [0.25, 0.3) is 0 Å². The average Bonchev–Trinajstić information content (AvgIpc) is 2.73. The summed E-state index contributed by atoms with van der Waals surface area (Å²) in [5.74, 6) is 0. The summed E-state index contributed by atoms with van der Waals surface area (Å²) in [6, 6.07) is 0. The number of aliphatic hydroxyl groups excluding tert-OH is 2. The first-order chi connectivity index (χ1) is 4.79. The van der Waals surface area contributed by atoms with E-state index in [9.17, 15) is 10.2 Å². The van der Waals surface area contributed by atoms with Crippen LogP contribution in [0.2, 0.25) is 0 Å². The Hall–Kier alpha value is -0.160. The zero-order valence-electron chi connectivity index (χ0n) is 5.43. The predicted octanol–water partition coefficient (Wildman–Crippen LogP) is -1.49. The average molecular weight is 146 g/mol. The molecule has 2 aliphatic rings. The molecule has 0 radical (unpaired) electrons. The second-order valence-corrected chi connectivity index (χ2v) is 2.72. The summed E-state index contributed by atoms with van der Waals surface area (Å²) in [5.41, 5.74) is 0. The Bertz CT molecular complexity index is 114. The van der Waals surface area contributed by atoms with Gasteiger partial charge in [-0.3, -0.25) is 0 Å². The lowest BCUT2D eigenvalue weighted by Gasteiger charge is -2.12. The number of hydrogen-bond acceptors (Lipinski definition) is 4. The molecule has 10 heavy (non-hydrogen) atoms. The lowest BCUT2D eigenvalue weighted by molar-refractivity contribution is -0.0116. The molecule has 4 heteroatoms. The highest BCUT2D eigenvalue weighted by Crippen LogP contribution is 2.23. The van der Waals surface area contributed by atoms with Crippen LogP contribution in [-0.4, -0.2) is 47.8 Å². The Morgan fingerprint density at radius 3 is 1.50 bits per heavy atom. The molecule has 4 nitrogen and oxygen atoms in total. The van der Waals surface area contributed by atoms with E-state index in [1.54, 1.807) is 0 Å². The third kappa shape index (κ3) is 1.15. The van der Waals surface area contributed by atoms with Crippen molar-refractivity contribution in [2.75, 3.05) is 13.2 Å². The minimum absolute atomic E-state index is 0.154. The highest BCUT2D eigenvalue weighted by molar-refractivity contribution is 4.91. The Morgan fingerprint density at radius 1 is 1.00 bits per heavy atom. The topological polar surface area (TPSA) is 65.5 Å². The van der Waals surface area contributed by atoms with E-state index >= 15 is 0 Å². The molecule has 2 saturated heterocycles. The van der Waals surface area contributed by atoms with Crippen LogP contribution in [-0.2, 0) is 9.47 Å². The summed E-state index contributed by atoms with van der Waals surface area (Å²) >= 11 is 0. The van der Waals surface area contributed by atoms with Crippen molar-refractivity contribution in [2.24, 2.45) is 0 Å². The third-order valence-electron chi connectivity index (χ3n) is 1.83. The predicted molar refractivity (Wildman–Crippen MR) is 31.5 cm³/mol. The van der Waals surface area contributed by atoms with Crippen molar-refractivity contribution in [3.05, 3.63) is 0 Å². The number of aliphatic hydroxyl groups is 2. The molecule has 1 unspecified atom stereocenters. The van der Waals surface area contributed by atoms with Crippen molar-refractivity contribution in [1.29, 1.82) is 0 Å². The van der Waals surface area contributed by atoms with Gasteiger partial charge in [-0.05, 0) is 0 Å². The lowest BCUT2D eigenvalue weighted by Crippen LogP contribution is -2.35. The summed E-state index contributed by atoms with van der Waals surface area (Å²) in [4.78, 5) is 0. The normalized spacial score (nSPS) is 42.6. The molecule has 0 saturated carbocycles. The van der Waals surface area contributed by atoms with Gasteiger partial charge in [-0.1, -0.05) is 0 Å². The van der Waals surface area contributed by atoms with Gasteiger partial charge in [0.15, 0.2) is 0 Å². The van der Waals surface area contributed by atoms with Crippen molar-refractivity contribution >= 4 is 0 Å². The number of ether oxygens (including phenoxy) is 2. The van der Waals surface area contributed by atoms with Crippen LogP contribution in [0, 0.1) is 0 Å². The Balaban J connectivity index is 1.83. The highest BCUT2D eigenvalue weighted by atomic mass is 16.6. The van der Waals surface area contributed by atoms with E-state index in [1.807, 2.05) is 0 Å². The van der Waals surface area contributed by atoms with E-state index in [0.29, 0.717) is 13.2 Å². The standard InChI is InChI=1S/C6H10O4/c7-5(3-1-9-3)6(8)4-2-10-4/h3-8H,1-2H2/t3-,4?,5+,6+/m1/s1. The molecule has 2 heterocycles. The van der Waals surface area contributed by atoms with E-state index in [0.717, 1.165) is 0 Å². The molecule has 2 rings (SSSR count). The van der Waals surface area contributed by atoms with Gasteiger partial charge in [0.1, 0.15) is 24.4 Å². The second-order valence-electron chi connectivity index (χ2n) is 2.72. The van der Waals surface area contributed by atoms with Crippen LogP contribution in [0.25, 0.3) is 0 Å². The van der Waals surface area contributed by atoms with Gasteiger partial charge >= 0.3 is 0 Å². The van der Waals surface area contributed by atoms with Crippen LogP contribution in [0.1, 0.15) is 0 Å². The number of rotatable bonds is 3. The molecule has 0 aromatic heterocycles. The van der Waals surface area contributed by atoms with Gasteiger partial charge in [0, 0.05) is 0 Å². The summed E-state index contributed by atoms with van der Waals surface area (Å²) < 4.78 is 9.61. The van der Waals surface area contributed by atoms with Gasteiger partial charge in [0.05, 0.1) is 13.2 Å². The molecule has 0 bridgehead atoms. The maximum atomic E-state index is 9.21. The number of epoxide rings is 2. The molecule has 0 aromatic carbocycles. The molecule has 0 spiro atoms. The van der Waals surface area contributed by atoms with Crippen LogP contribution in [0.3, 0.4) is 0 Å². The van der Waals surface area contributed by atoms with Gasteiger partial charge in [0.2, 0.25) is 0 Å². The van der Waals surface area contributed by atoms with E-state index in [1.165, 1.54) is 0 Å². The molecule has 0 aliphatic carbocycles. The lowest BCUT2D eigenvalue weighted by atomic mass is 10.1. The fraction of sp³-hybridized carbons (Fsp3) is 1.00. The van der Waals surface area contributed by atoms with Gasteiger partial charge in [-0.15, -0.1) is 0 Å². The minimum Gasteiger partial charge on any atom is -0.388 e. The smallest absolute Gasteiger partial charge is 0.111 e. The summed E-state index contributed by atoms with van der Waals surface area (Å²) in [5, 5.41) is 18.4. The maximum Gasteiger partial charge on any atom is 0.111 e. The monoisotopic (exact) mass is 146 g/mol. The Morgan fingerprint density at radius 2 is 1.30 bits per heavy atom. The summed E-state index contributed by atoms with van der Waals surface area (Å²) in [7, 11) is 0. The Labute approximate surface area is 58.4 Å². The fourth-order valence-electron chi connectivity index (χ4n) is 0.945. The molecule has 4 atom stereocenters. The third-order valence-corrected chi connectivity index (χ3v) is 1.83. The molecule has 0 aromatic rings. The van der Waals surface area contributed by atoms with Gasteiger partial charge in [-0.25, -0.2) is 0 Å². The summed E-state index contributed by atoms with van der Waals surface area (Å²) in [6.07, 6.45) is -1.82. The second kappa shape index (κ2) is 2.17. The molecule has 0 amide bonds. The molecular weight excluding hydrogens is 136 g/mol.